The summed E-state index contributed by atoms with van der Waals surface area (Å²) in [6.45, 7) is 3.13. The molecule has 1 aliphatic heterocycles. The molecule has 1 saturated heterocycles. The molecule has 1 N–H and O–H groups in total. The number of rotatable bonds is 11. The molecule has 6 rings (SSSR count). The number of hydrogen-bond donors (Lipinski definition) is 1. The minimum atomic E-state index is -3.49. The lowest BCUT2D eigenvalue weighted by atomic mass is 9.82. The Morgan fingerprint density at radius 3 is 2.49 bits per heavy atom. The Bertz CT molecular complexity index is 1830. The van der Waals surface area contributed by atoms with Gasteiger partial charge in [0.25, 0.3) is 10.0 Å². The first-order valence-electron chi connectivity index (χ1n) is 16.1. The molecule has 0 unspecified atom stereocenters. The van der Waals surface area contributed by atoms with Crippen molar-refractivity contribution in [2.45, 2.75) is 43.8 Å². The van der Waals surface area contributed by atoms with Crippen molar-refractivity contribution >= 4 is 31.5 Å². The van der Waals surface area contributed by atoms with Crippen molar-refractivity contribution in [3.8, 4) is 29.0 Å². The Hall–Kier alpha value is -3.58. The molecule has 2 aliphatic carbocycles. The van der Waals surface area contributed by atoms with Gasteiger partial charge in [-0.05, 0) is 70.5 Å². The van der Waals surface area contributed by atoms with Crippen LogP contribution < -0.4 is 10.1 Å². The predicted molar refractivity (Wildman–Crippen MR) is 180 cm³/mol. The number of anilines is 2. The van der Waals surface area contributed by atoms with Crippen molar-refractivity contribution in [2.75, 3.05) is 63.7 Å². The average molecular weight is 683 g/mol. The minimum Gasteiger partial charge on any atom is -0.492 e. The molecule has 0 aromatic carbocycles. The number of nitrogens with one attached hydrogen (secondary N) is 1. The van der Waals surface area contributed by atoms with Gasteiger partial charge in [0.05, 0.1) is 53.4 Å². The largest absolute Gasteiger partial charge is 0.492 e. The lowest BCUT2D eigenvalue weighted by Gasteiger charge is -2.30. The van der Waals surface area contributed by atoms with Crippen LogP contribution in [0.1, 0.15) is 44.1 Å². The molecule has 0 bridgehead atoms. The smallest absolute Gasteiger partial charge is 0.256 e. The summed E-state index contributed by atoms with van der Waals surface area (Å²) < 4.78 is 56.1. The van der Waals surface area contributed by atoms with Crippen LogP contribution in [-0.2, 0) is 19.9 Å². The van der Waals surface area contributed by atoms with E-state index in [9.17, 15) is 16.8 Å². The molecule has 0 atom stereocenters. The van der Waals surface area contributed by atoms with Crippen LogP contribution in [0.3, 0.4) is 0 Å². The fourth-order valence-electron chi connectivity index (χ4n) is 5.95. The number of sulfone groups is 1. The quantitative estimate of drug-likeness (QED) is 0.296. The van der Waals surface area contributed by atoms with E-state index in [1.807, 2.05) is 11.0 Å². The van der Waals surface area contributed by atoms with Crippen molar-refractivity contribution in [1.29, 1.82) is 0 Å². The number of aromatic nitrogens is 5. The highest BCUT2D eigenvalue weighted by Gasteiger charge is 2.37. The summed E-state index contributed by atoms with van der Waals surface area (Å²) in [6.07, 6.45) is 12.1. The van der Waals surface area contributed by atoms with Gasteiger partial charge in [-0.3, -0.25) is 4.90 Å². The van der Waals surface area contributed by atoms with Crippen LogP contribution in [0.15, 0.2) is 36.9 Å². The van der Waals surface area contributed by atoms with Crippen LogP contribution in [0, 0.1) is 23.7 Å². The maximum absolute atomic E-state index is 12.6. The first kappa shape index (κ1) is 33.3. The van der Waals surface area contributed by atoms with E-state index in [0.717, 1.165) is 29.4 Å². The summed E-state index contributed by atoms with van der Waals surface area (Å²) in [6, 6.07) is 3.52. The second-order valence-electron chi connectivity index (χ2n) is 13.0. The fraction of sp³-hybridized carbons (Fsp3) is 0.562. The molecular formula is C32H42N8O5S2. The Kier molecular flexibility index (Phi) is 10.1. The van der Waals surface area contributed by atoms with E-state index in [0.29, 0.717) is 79.3 Å². The molecule has 15 heteroatoms. The fourth-order valence-corrected chi connectivity index (χ4v) is 8.71. The Morgan fingerprint density at radius 2 is 1.77 bits per heavy atom. The number of hydrogen-bond acceptors (Lipinski definition) is 12. The molecule has 0 spiro atoms. The zero-order chi connectivity index (χ0) is 33.0. The third kappa shape index (κ3) is 8.86. The Morgan fingerprint density at radius 1 is 1.02 bits per heavy atom. The molecule has 4 heterocycles. The van der Waals surface area contributed by atoms with Gasteiger partial charge >= 0.3 is 0 Å². The lowest BCUT2D eigenvalue weighted by Crippen LogP contribution is -2.40. The first-order valence-corrected chi connectivity index (χ1v) is 19.5. The van der Waals surface area contributed by atoms with Crippen LogP contribution in [0.5, 0.6) is 5.75 Å². The summed E-state index contributed by atoms with van der Waals surface area (Å²) in [5.74, 6) is 9.83. The summed E-state index contributed by atoms with van der Waals surface area (Å²) >= 11 is 0. The molecule has 2 saturated carbocycles. The molecule has 0 radical (unpaired) electrons. The zero-order valence-corrected chi connectivity index (χ0v) is 28.5. The summed E-state index contributed by atoms with van der Waals surface area (Å²) in [7, 11) is -2.19. The number of ether oxygens (including phenoxy) is 1. The number of pyridine rings is 1. The highest BCUT2D eigenvalue weighted by molar-refractivity contribution is 7.91. The molecule has 3 aromatic rings. The van der Waals surface area contributed by atoms with Crippen molar-refractivity contribution in [2.24, 2.45) is 11.8 Å². The van der Waals surface area contributed by atoms with E-state index in [2.05, 4.69) is 56.2 Å². The van der Waals surface area contributed by atoms with Crippen LogP contribution in [0.2, 0.25) is 0 Å². The van der Waals surface area contributed by atoms with Crippen LogP contribution in [0.25, 0.3) is 11.4 Å². The standard InChI is InChI=1S/C32H42N8O5S2/c1-38(2)21-24-5-7-25(8-6-24)23-45-29-18-31(34-19-26(29)4-3-13-39-14-16-46(41,42)17-15-39)36-30-11-12-33-32(37-30)27-20-35-40(22-27)47(43,44)28-9-10-28/h11-12,18-20,22,24-25,28H,5-10,13-17,21,23H2,1-2H3,(H,33,34,36,37)/t24-,25-. The van der Waals surface area contributed by atoms with Gasteiger partial charge in [0.1, 0.15) is 17.4 Å². The average Bonchev–Trinajstić information content (AvgIpc) is 3.79. The number of nitrogens with zero attached hydrogens (tertiary/aromatic N) is 7. The third-order valence-corrected chi connectivity index (χ3v) is 12.5. The van der Waals surface area contributed by atoms with Crippen molar-refractivity contribution in [3.05, 3.63) is 42.5 Å². The van der Waals surface area contributed by atoms with Gasteiger partial charge in [0, 0.05) is 38.1 Å². The van der Waals surface area contributed by atoms with Gasteiger partial charge in [-0.1, -0.05) is 11.8 Å². The molecule has 252 valence electrons. The van der Waals surface area contributed by atoms with Gasteiger partial charge in [0.15, 0.2) is 15.7 Å². The molecule has 3 fully saturated rings. The van der Waals surface area contributed by atoms with Gasteiger partial charge in [-0.15, -0.1) is 0 Å². The van der Waals surface area contributed by atoms with Gasteiger partial charge in [-0.2, -0.15) is 9.19 Å². The molecule has 13 nitrogen and oxygen atoms in total. The van der Waals surface area contributed by atoms with E-state index in [-0.39, 0.29) is 16.8 Å². The van der Waals surface area contributed by atoms with Gasteiger partial charge in [-0.25, -0.2) is 31.8 Å². The maximum atomic E-state index is 12.6. The second-order valence-corrected chi connectivity index (χ2v) is 17.4. The normalized spacial score (nSPS) is 21.6. The van der Waals surface area contributed by atoms with E-state index in [1.54, 1.807) is 18.5 Å². The zero-order valence-electron chi connectivity index (χ0n) is 26.9. The van der Waals surface area contributed by atoms with Crippen LogP contribution >= 0.6 is 0 Å². The minimum absolute atomic E-state index is 0.161. The summed E-state index contributed by atoms with van der Waals surface area (Å²) in [4.78, 5) is 17.8. The predicted octanol–water partition coefficient (Wildman–Crippen LogP) is 2.65. The van der Waals surface area contributed by atoms with E-state index in [1.165, 1.54) is 25.2 Å². The molecule has 3 aromatic heterocycles. The monoisotopic (exact) mass is 682 g/mol. The van der Waals surface area contributed by atoms with E-state index < -0.39 is 19.9 Å². The highest BCUT2D eigenvalue weighted by atomic mass is 32.2. The second kappa shape index (κ2) is 14.3. The van der Waals surface area contributed by atoms with Crippen LogP contribution in [-0.4, -0.2) is 114 Å². The maximum Gasteiger partial charge on any atom is 0.256 e. The molecule has 0 amide bonds. The lowest BCUT2D eigenvalue weighted by molar-refractivity contribution is 0.166. The van der Waals surface area contributed by atoms with Gasteiger partial charge < -0.3 is 15.0 Å². The molecular weight excluding hydrogens is 641 g/mol. The van der Waals surface area contributed by atoms with Crippen molar-refractivity contribution in [1.82, 2.24) is 33.9 Å². The summed E-state index contributed by atoms with van der Waals surface area (Å²) in [5.41, 5.74) is 1.15. The van der Waals surface area contributed by atoms with E-state index >= 15 is 0 Å². The summed E-state index contributed by atoms with van der Waals surface area (Å²) in [5, 5.41) is 6.90. The van der Waals surface area contributed by atoms with Crippen molar-refractivity contribution < 1.29 is 21.6 Å². The van der Waals surface area contributed by atoms with E-state index in [4.69, 9.17) is 4.74 Å². The first-order chi connectivity index (χ1) is 22.5. The molecule has 47 heavy (non-hydrogen) atoms. The van der Waals surface area contributed by atoms with Crippen molar-refractivity contribution in [3.63, 3.8) is 0 Å². The van der Waals surface area contributed by atoms with Gasteiger partial charge in [0.2, 0.25) is 0 Å². The Labute approximate surface area is 277 Å². The SMILES string of the molecule is CN(C)C[C@H]1CC[C@H](COc2cc(Nc3ccnc(-c4cnn(S(=O)(=O)C5CC5)c4)n3)ncc2C#CCN2CCS(=O)(=O)CC2)CC1. The van der Waals surface area contributed by atoms with Crippen LogP contribution in [0.4, 0.5) is 11.6 Å². The molecule has 3 aliphatic rings. The topological polar surface area (TPSA) is 153 Å². The Balaban J connectivity index is 1.16. The highest BCUT2D eigenvalue weighted by Crippen LogP contribution is 2.32. The third-order valence-electron chi connectivity index (χ3n) is 8.83.